The van der Waals surface area contributed by atoms with Crippen LogP contribution in [0, 0.1) is 5.82 Å². The fourth-order valence-electron chi connectivity index (χ4n) is 2.46. The number of nitrogens with one attached hydrogen (secondary N) is 1. The Bertz CT molecular complexity index is 464. The van der Waals surface area contributed by atoms with Crippen molar-refractivity contribution in [2.24, 2.45) is 0 Å². The normalized spacial score (nSPS) is 18.6. The van der Waals surface area contributed by atoms with Gasteiger partial charge in [-0.15, -0.1) is 0 Å². The first-order valence-electron chi connectivity index (χ1n) is 7.15. The van der Waals surface area contributed by atoms with E-state index in [0.29, 0.717) is 6.04 Å². The standard InChI is InChI=1S/C16H21FN2O/c1-2-11-19(15-9-10-18-12-15)16(20)8-5-13-3-6-14(17)7-4-13/h3-8,15,18H,2,9-12H2,1H3. The molecule has 1 aromatic carbocycles. The first-order chi connectivity index (χ1) is 9.70. The van der Waals surface area contributed by atoms with Crippen LogP contribution in [0.5, 0.6) is 0 Å². The summed E-state index contributed by atoms with van der Waals surface area (Å²) < 4.78 is 12.8. The van der Waals surface area contributed by atoms with Crippen LogP contribution in [0.1, 0.15) is 25.3 Å². The van der Waals surface area contributed by atoms with E-state index < -0.39 is 0 Å². The molecule has 0 spiro atoms. The van der Waals surface area contributed by atoms with E-state index >= 15 is 0 Å². The average Bonchev–Trinajstić information content (AvgIpc) is 2.97. The smallest absolute Gasteiger partial charge is 0.246 e. The van der Waals surface area contributed by atoms with E-state index in [9.17, 15) is 9.18 Å². The average molecular weight is 276 g/mol. The fraction of sp³-hybridized carbons (Fsp3) is 0.438. The third kappa shape index (κ3) is 3.90. The first-order valence-corrected chi connectivity index (χ1v) is 7.15. The summed E-state index contributed by atoms with van der Waals surface area (Å²) in [5.74, 6) is -0.233. The van der Waals surface area contributed by atoms with Gasteiger partial charge in [0.2, 0.25) is 5.91 Å². The van der Waals surface area contributed by atoms with E-state index in [-0.39, 0.29) is 11.7 Å². The molecule has 2 rings (SSSR count). The zero-order chi connectivity index (χ0) is 14.4. The predicted molar refractivity (Wildman–Crippen MR) is 78.7 cm³/mol. The van der Waals surface area contributed by atoms with Crippen molar-refractivity contribution in [2.45, 2.75) is 25.8 Å². The van der Waals surface area contributed by atoms with E-state index in [4.69, 9.17) is 0 Å². The maximum atomic E-state index is 12.8. The van der Waals surface area contributed by atoms with Crippen LogP contribution >= 0.6 is 0 Å². The topological polar surface area (TPSA) is 32.3 Å². The van der Waals surface area contributed by atoms with Crippen molar-refractivity contribution in [3.05, 3.63) is 41.7 Å². The van der Waals surface area contributed by atoms with Crippen molar-refractivity contribution in [2.75, 3.05) is 19.6 Å². The monoisotopic (exact) mass is 276 g/mol. The second-order valence-corrected chi connectivity index (χ2v) is 5.06. The molecule has 0 saturated carbocycles. The fourth-order valence-corrected chi connectivity index (χ4v) is 2.46. The molecule has 1 N–H and O–H groups in total. The second kappa shape index (κ2) is 7.20. The molecule has 3 nitrogen and oxygen atoms in total. The highest BCUT2D eigenvalue weighted by Gasteiger charge is 2.24. The Morgan fingerprint density at radius 1 is 1.45 bits per heavy atom. The van der Waals surface area contributed by atoms with Crippen LogP contribution in [0.25, 0.3) is 6.08 Å². The molecule has 20 heavy (non-hydrogen) atoms. The molecule has 1 amide bonds. The van der Waals surface area contributed by atoms with Gasteiger partial charge in [-0.3, -0.25) is 4.79 Å². The van der Waals surface area contributed by atoms with Gasteiger partial charge in [0.05, 0.1) is 0 Å². The number of halogens is 1. The summed E-state index contributed by atoms with van der Waals surface area (Å²) in [7, 11) is 0. The van der Waals surface area contributed by atoms with Gasteiger partial charge in [-0.25, -0.2) is 4.39 Å². The molecule has 4 heteroatoms. The van der Waals surface area contributed by atoms with E-state index in [1.54, 1.807) is 24.3 Å². The van der Waals surface area contributed by atoms with Crippen molar-refractivity contribution >= 4 is 12.0 Å². The van der Waals surface area contributed by atoms with E-state index in [0.717, 1.165) is 38.0 Å². The molecule has 1 aliphatic heterocycles. The van der Waals surface area contributed by atoms with Crippen LogP contribution in [0.2, 0.25) is 0 Å². The molecule has 1 fully saturated rings. The van der Waals surface area contributed by atoms with E-state index in [2.05, 4.69) is 12.2 Å². The maximum Gasteiger partial charge on any atom is 0.246 e. The number of carbonyl (C=O) groups is 1. The van der Waals surface area contributed by atoms with Crippen molar-refractivity contribution < 1.29 is 9.18 Å². The number of hydrogen-bond donors (Lipinski definition) is 1. The third-order valence-corrected chi connectivity index (χ3v) is 3.51. The van der Waals surface area contributed by atoms with Crippen LogP contribution in [0.4, 0.5) is 4.39 Å². The lowest BCUT2D eigenvalue weighted by Crippen LogP contribution is -2.41. The quantitative estimate of drug-likeness (QED) is 0.838. The summed E-state index contributed by atoms with van der Waals surface area (Å²) in [4.78, 5) is 14.2. The molecule has 108 valence electrons. The molecule has 0 aliphatic carbocycles. The SMILES string of the molecule is CCCN(C(=O)C=Cc1ccc(F)cc1)C1CCNC1. The number of carbonyl (C=O) groups excluding carboxylic acids is 1. The first kappa shape index (κ1) is 14.7. The highest BCUT2D eigenvalue weighted by Crippen LogP contribution is 2.11. The van der Waals surface area contributed by atoms with Crippen molar-refractivity contribution in [1.29, 1.82) is 0 Å². The molecular weight excluding hydrogens is 255 g/mol. The van der Waals surface area contributed by atoms with E-state index in [1.807, 2.05) is 4.90 Å². The molecule has 1 heterocycles. The third-order valence-electron chi connectivity index (χ3n) is 3.51. The van der Waals surface area contributed by atoms with Crippen LogP contribution in [-0.2, 0) is 4.79 Å². The minimum Gasteiger partial charge on any atom is -0.335 e. The van der Waals surface area contributed by atoms with Crippen LogP contribution in [0.3, 0.4) is 0 Å². The Morgan fingerprint density at radius 3 is 2.80 bits per heavy atom. The summed E-state index contributed by atoms with van der Waals surface area (Å²) in [6.45, 7) is 4.70. The van der Waals surface area contributed by atoms with Gasteiger partial charge >= 0.3 is 0 Å². The van der Waals surface area contributed by atoms with Gasteiger partial charge in [-0.05, 0) is 43.2 Å². The Labute approximate surface area is 119 Å². The molecule has 1 atom stereocenters. The number of amides is 1. The number of nitrogens with zero attached hydrogens (tertiary/aromatic N) is 1. The number of hydrogen-bond acceptors (Lipinski definition) is 2. The minimum absolute atomic E-state index is 0.0323. The summed E-state index contributed by atoms with van der Waals surface area (Å²) in [6.07, 6.45) is 5.29. The van der Waals surface area contributed by atoms with Crippen molar-refractivity contribution in [3.8, 4) is 0 Å². The zero-order valence-electron chi connectivity index (χ0n) is 11.8. The van der Waals surface area contributed by atoms with Crippen molar-refractivity contribution in [1.82, 2.24) is 10.2 Å². The largest absolute Gasteiger partial charge is 0.335 e. The lowest BCUT2D eigenvalue weighted by molar-refractivity contribution is -0.127. The number of rotatable bonds is 5. The van der Waals surface area contributed by atoms with Crippen LogP contribution in [-0.4, -0.2) is 36.5 Å². The molecule has 1 aromatic rings. The molecule has 1 aliphatic rings. The Balaban J connectivity index is 2.01. The molecule has 0 aromatic heterocycles. The van der Waals surface area contributed by atoms with Gasteiger partial charge in [0.25, 0.3) is 0 Å². The number of benzene rings is 1. The van der Waals surface area contributed by atoms with Gasteiger partial charge in [-0.2, -0.15) is 0 Å². The van der Waals surface area contributed by atoms with Gasteiger partial charge in [0, 0.05) is 25.2 Å². The molecule has 0 bridgehead atoms. The Morgan fingerprint density at radius 2 is 2.20 bits per heavy atom. The molecule has 1 saturated heterocycles. The summed E-state index contributed by atoms with van der Waals surface area (Å²) >= 11 is 0. The second-order valence-electron chi connectivity index (χ2n) is 5.06. The van der Waals surface area contributed by atoms with Crippen LogP contribution in [0.15, 0.2) is 30.3 Å². The summed E-state index contributed by atoms with van der Waals surface area (Å²) in [6, 6.07) is 6.42. The van der Waals surface area contributed by atoms with Gasteiger partial charge < -0.3 is 10.2 Å². The van der Waals surface area contributed by atoms with Gasteiger partial charge in [0.1, 0.15) is 5.82 Å². The summed E-state index contributed by atoms with van der Waals surface area (Å²) in [5, 5.41) is 3.29. The summed E-state index contributed by atoms with van der Waals surface area (Å²) in [5.41, 5.74) is 0.834. The Kier molecular flexibility index (Phi) is 5.30. The maximum absolute atomic E-state index is 12.8. The predicted octanol–water partition coefficient (Wildman–Crippen LogP) is 2.44. The van der Waals surface area contributed by atoms with Gasteiger partial charge in [-0.1, -0.05) is 19.1 Å². The highest BCUT2D eigenvalue weighted by molar-refractivity contribution is 5.92. The minimum atomic E-state index is -0.266. The molecule has 1 unspecified atom stereocenters. The zero-order valence-corrected chi connectivity index (χ0v) is 11.8. The lowest BCUT2D eigenvalue weighted by Gasteiger charge is -2.27. The van der Waals surface area contributed by atoms with Crippen LogP contribution < -0.4 is 5.32 Å². The van der Waals surface area contributed by atoms with Crippen molar-refractivity contribution in [3.63, 3.8) is 0 Å². The lowest BCUT2D eigenvalue weighted by atomic mass is 10.1. The van der Waals surface area contributed by atoms with E-state index in [1.165, 1.54) is 12.1 Å². The van der Waals surface area contributed by atoms with Gasteiger partial charge in [0.15, 0.2) is 0 Å². The Hall–Kier alpha value is -1.68. The highest BCUT2D eigenvalue weighted by atomic mass is 19.1. The molecular formula is C16H21FN2O. The molecule has 0 radical (unpaired) electrons.